The highest BCUT2D eigenvalue weighted by molar-refractivity contribution is 4.65. The maximum absolute atomic E-state index is 4.43. The maximum Gasteiger partial charge on any atom is -0.0414 e. The second kappa shape index (κ2) is 21.7. The van der Waals surface area contributed by atoms with Crippen molar-refractivity contribution >= 4 is 0 Å². The van der Waals surface area contributed by atoms with Crippen LogP contribution in [0.1, 0.15) is 156 Å². The smallest absolute Gasteiger partial charge is 0.0414 e. The summed E-state index contributed by atoms with van der Waals surface area (Å²) in [5, 5.41) is 0. The third kappa shape index (κ3) is 22.3. The molecular weight excluding hydrogens is 336 g/mol. The molecule has 0 bridgehead atoms. The van der Waals surface area contributed by atoms with E-state index in [9.17, 15) is 0 Å². The zero-order valence-electron chi connectivity index (χ0n) is 20.6. The molecule has 169 valence electrons. The topological polar surface area (TPSA) is 0 Å². The van der Waals surface area contributed by atoms with E-state index < -0.39 is 0 Å². The van der Waals surface area contributed by atoms with Crippen molar-refractivity contribution in [2.24, 2.45) is 17.8 Å². The lowest BCUT2D eigenvalue weighted by atomic mass is 9.91. The highest BCUT2D eigenvalue weighted by Gasteiger charge is 2.07. The van der Waals surface area contributed by atoms with Crippen LogP contribution in [0, 0.1) is 24.7 Å². The molecule has 0 fully saturated rings. The normalized spacial score (nSPS) is 13.9. The van der Waals surface area contributed by atoms with E-state index in [1.54, 1.807) is 0 Å². The van der Waals surface area contributed by atoms with Crippen molar-refractivity contribution in [1.29, 1.82) is 0 Å². The van der Waals surface area contributed by atoms with Gasteiger partial charge >= 0.3 is 0 Å². The summed E-state index contributed by atoms with van der Waals surface area (Å²) >= 11 is 0. The van der Waals surface area contributed by atoms with Gasteiger partial charge in [0, 0.05) is 0 Å². The van der Waals surface area contributed by atoms with Crippen LogP contribution in [0.2, 0.25) is 0 Å². The lowest BCUT2D eigenvalue weighted by Gasteiger charge is -2.15. The third-order valence-electron chi connectivity index (χ3n) is 6.51. The van der Waals surface area contributed by atoms with E-state index in [-0.39, 0.29) is 0 Å². The molecule has 0 heteroatoms. The van der Waals surface area contributed by atoms with Gasteiger partial charge in [0.15, 0.2) is 0 Å². The van der Waals surface area contributed by atoms with E-state index >= 15 is 0 Å². The molecular formula is C28H57. The van der Waals surface area contributed by atoms with Gasteiger partial charge in [0.2, 0.25) is 0 Å². The number of rotatable bonds is 22. The highest BCUT2D eigenvalue weighted by atomic mass is 14.1. The van der Waals surface area contributed by atoms with Gasteiger partial charge in [-0.2, -0.15) is 0 Å². The van der Waals surface area contributed by atoms with Gasteiger partial charge in [0.1, 0.15) is 0 Å². The van der Waals surface area contributed by atoms with Crippen molar-refractivity contribution in [3.05, 3.63) is 6.92 Å². The quantitative estimate of drug-likeness (QED) is 0.160. The van der Waals surface area contributed by atoms with E-state index in [2.05, 4.69) is 34.6 Å². The molecule has 1 radical (unpaired) electrons. The predicted molar refractivity (Wildman–Crippen MR) is 131 cm³/mol. The Hall–Kier alpha value is 0. The first kappa shape index (κ1) is 28.0. The fourth-order valence-electron chi connectivity index (χ4n) is 4.31. The van der Waals surface area contributed by atoms with Crippen LogP contribution >= 0.6 is 0 Å². The van der Waals surface area contributed by atoms with Crippen LogP contribution in [-0.2, 0) is 0 Å². The minimum Gasteiger partial charge on any atom is -0.0654 e. The Labute approximate surface area is 181 Å². The summed E-state index contributed by atoms with van der Waals surface area (Å²) in [4.78, 5) is 0. The van der Waals surface area contributed by atoms with Gasteiger partial charge in [0.05, 0.1) is 0 Å². The maximum atomic E-state index is 4.43. The Morgan fingerprint density at radius 3 is 1.39 bits per heavy atom. The molecule has 0 amide bonds. The molecule has 0 aliphatic carbocycles. The second-order valence-corrected chi connectivity index (χ2v) is 10.3. The summed E-state index contributed by atoms with van der Waals surface area (Å²) < 4.78 is 0. The summed E-state index contributed by atoms with van der Waals surface area (Å²) in [6, 6.07) is 0. The summed E-state index contributed by atoms with van der Waals surface area (Å²) in [5.41, 5.74) is 0. The molecule has 0 heterocycles. The van der Waals surface area contributed by atoms with Gasteiger partial charge in [-0.1, -0.05) is 163 Å². The first-order chi connectivity index (χ1) is 13.6. The molecule has 0 aromatic heterocycles. The summed E-state index contributed by atoms with van der Waals surface area (Å²) in [6.07, 6.45) is 28.6. The third-order valence-corrected chi connectivity index (χ3v) is 6.51. The number of unbranched alkanes of at least 4 members (excludes halogenated alkanes) is 13. The van der Waals surface area contributed by atoms with Gasteiger partial charge < -0.3 is 0 Å². The molecule has 0 aliphatic heterocycles. The Morgan fingerprint density at radius 2 is 0.893 bits per heavy atom. The van der Waals surface area contributed by atoms with Gasteiger partial charge in [-0.05, 0) is 17.8 Å². The van der Waals surface area contributed by atoms with E-state index in [4.69, 9.17) is 0 Å². The molecule has 0 aromatic rings. The largest absolute Gasteiger partial charge is 0.0654 e. The molecule has 0 rings (SSSR count). The van der Waals surface area contributed by atoms with Crippen LogP contribution in [0.4, 0.5) is 0 Å². The molecule has 0 saturated heterocycles. The Balaban J connectivity index is 3.31. The number of hydrogen-bond acceptors (Lipinski definition) is 0. The van der Waals surface area contributed by atoms with Crippen LogP contribution < -0.4 is 0 Å². The fraction of sp³-hybridized carbons (Fsp3) is 0.964. The van der Waals surface area contributed by atoms with Crippen LogP contribution in [0.25, 0.3) is 0 Å². The van der Waals surface area contributed by atoms with Gasteiger partial charge in [-0.3, -0.25) is 0 Å². The molecule has 0 N–H and O–H groups in total. The molecule has 0 aromatic carbocycles. The van der Waals surface area contributed by atoms with E-state index in [0.29, 0.717) is 5.92 Å². The molecule has 28 heavy (non-hydrogen) atoms. The van der Waals surface area contributed by atoms with E-state index in [1.807, 2.05) is 0 Å². The molecule has 0 spiro atoms. The summed E-state index contributed by atoms with van der Waals surface area (Å²) in [5.74, 6) is 2.50. The lowest BCUT2D eigenvalue weighted by molar-refractivity contribution is 0.395. The zero-order valence-corrected chi connectivity index (χ0v) is 20.6. The monoisotopic (exact) mass is 393 g/mol. The molecule has 2 atom stereocenters. The average Bonchev–Trinajstić information content (AvgIpc) is 2.66. The van der Waals surface area contributed by atoms with Crippen molar-refractivity contribution in [1.82, 2.24) is 0 Å². The lowest BCUT2D eigenvalue weighted by Crippen LogP contribution is -2.01. The van der Waals surface area contributed by atoms with Gasteiger partial charge in [0.25, 0.3) is 0 Å². The zero-order chi connectivity index (χ0) is 20.9. The van der Waals surface area contributed by atoms with Crippen LogP contribution in [-0.4, -0.2) is 0 Å². The van der Waals surface area contributed by atoms with Crippen molar-refractivity contribution in [2.45, 2.75) is 156 Å². The van der Waals surface area contributed by atoms with Crippen molar-refractivity contribution in [3.8, 4) is 0 Å². The SMILES string of the molecule is [CH2]C(CCCCCCCCCC(C)C)CCC(C)CCCCCCCCCC. The Kier molecular flexibility index (Phi) is 21.7. The minimum absolute atomic E-state index is 0.701. The van der Waals surface area contributed by atoms with E-state index in [1.165, 1.54) is 128 Å². The van der Waals surface area contributed by atoms with Crippen LogP contribution in [0.5, 0.6) is 0 Å². The molecule has 0 saturated carbocycles. The molecule has 0 aliphatic rings. The summed E-state index contributed by atoms with van der Waals surface area (Å²) in [6.45, 7) is 13.9. The second-order valence-electron chi connectivity index (χ2n) is 10.3. The first-order valence-electron chi connectivity index (χ1n) is 13.4. The van der Waals surface area contributed by atoms with Gasteiger partial charge in [-0.25, -0.2) is 0 Å². The standard InChI is InChI=1S/C28H57/c1-6-7-8-9-10-13-16-19-22-27(4)24-25-28(5)23-20-17-14-11-12-15-18-21-26(2)3/h26-28H,5-25H2,1-4H3. The predicted octanol–water partition coefficient (Wildman–Crippen LogP) is 10.6. The first-order valence-corrected chi connectivity index (χ1v) is 13.4. The van der Waals surface area contributed by atoms with E-state index in [0.717, 1.165) is 11.8 Å². The van der Waals surface area contributed by atoms with Crippen LogP contribution in [0.3, 0.4) is 0 Å². The number of hydrogen-bond donors (Lipinski definition) is 0. The Bertz CT molecular complexity index is 280. The van der Waals surface area contributed by atoms with Crippen LogP contribution in [0.15, 0.2) is 0 Å². The molecule has 2 unspecified atom stereocenters. The Morgan fingerprint density at radius 1 is 0.464 bits per heavy atom. The van der Waals surface area contributed by atoms with Crippen molar-refractivity contribution in [2.75, 3.05) is 0 Å². The summed E-state index contributed by atoms with van der Waals surface area (Å²) in [7, 11) is 0. The van der Waals surface area contributed by atoms with Crippen molar-refractivity contribution < 1.29 is 0 Å². The highest BCUT2D eigenvalue weighted by Crippen LogP contribution is 2.22. The van der Waals surface area contributed by atoms with Crippen molar-refractivity contribution in [3.63, 3.8) is 0 Å². The average molecular weight is 394 g/mol. The minimum atomic E-state index is 0.701. The van der Waals surface area contributed by atoms with Gasteiger partial charge in [-0.15, -0.1) is 0 Å². The fourth-order valence-corrected chi connectivity index (χ4v) is 4.31. The molecule has 0 nitrogen and oxygen atoms in total.